The number of ether oxygens (including phenoxy) is 1. The van der Waals surface area contributed by atoms with Gasteiger partial charge in [-0.3, -0.25) is 9.59 Å². The molecule has 0 aliphatic heterocycles. The second kappa shape index (κ2) is 12.1. The lowest BCUT2D eigenvalue weighted by Crippen LogP contribution is -2.52. The van der Waals surface area contributed by atoms with Crippen LogP contribution < -0.4 is 10.1 Å². The van der Waals surface area contributed by atoms with E-state index in [9.17, 15) is 9.59 Å². The second-order valence-corrected chi connectivity index (χ2v) is 8.05. The van der Waals surface area contributed by atoms with Crippen molar-refractivity contribution < 1.29 is 14.3 Å². The zero-order chi connectivity index (χ0) is 22.8. The molecule has 31 heavy (non-hydrogen) atoms. The number of aryl methyl sites for hydroxylation is 1. The van der Waals surface area contributed by atoms with E-state index in [4.69, 9.17) is 4.74 Å². The number of benzene rings is 2. The van der Waals surface area contributed by atoms with Crippen LogP contribution in [0.5, 0.6) is 5.75 Å². The van der Waals surface area contributed by atoms with E-state index < -0.39 is 6.04 Å². The van der Waals surface area contributed by atoms with Crippen LogP contribution in [0.1, 0.15) is 50.3 Å². The van der Waals surface area contributed by atoms with Crippen molar-refractivity contribution in [1.29, 1.82) is 0 Å². The maximum absolute atomic E-state index is 13.2. The van der Waals surface area contributed by atoms with Crippen molar-refractivity contribution in [2.75, 3.05) is 13.2 Å². The number of carbonyl (C=O) groups is 2. The zero-order valence-electron chi connectivity index (χ0n) is 19.5. The van der Waals surface area contributed by atoms with Gasteiger partial charge in [-0.15, -0.1) is 0 Å². The minimum Gasteiger partial charge on any atom is -0.483 e. The summed E-state index contributed by atoms with van der Waals surface area (Å²) in [5, 5.41) is 3.03. The van der Waals surface area contributed by atoms with E-state index >= 15 is 0 Å². The summed E-state index contributed by atoms with van der Waals surface area (Å²) in [6.07, 6.45) is 2.07. The van der Waals surface area contributed by atoms with Gasteiger partial charge in [0.2, 0.25) is 5.91 Å². The van der Waals surface area contributed by atoms with Crippen LogP contribution in [0.25, 0.3) is 0 Å². The molecule has 2 aromatic carbocycles. The standard InChI is InChI=1S/C26H36N2O3/c1-6-20(4)27-26(30)23(7-2)28(17-16-22-13-9-8-10-14-22)25(29)18-31-24-15-11-12-19(3)21(24)5/h8-15,20,23H,6-7,16-18H2,1-5H3,(H,27,30)/t20-,23-/m0/s1. The number of carbonyl (C=O) groups excluding carboxylic acids is 2. The van der Waals surface area contributed by atoms with E-state index in [1.807, 2.05) is 83.1 Å². The van der Waals surface area contributed by atoms with Gasteiger partial charge in [0, 0.05) is 12.6 Å². The molecule has 0 aromatic heterocycles. The molecule has 0 radical (unpaired) electrons. The Morgan fingerprint density at radius 3 is 2.35 bits per heavy atom. The largest absolute Gasteiger partial charge is 0.483 e. The summed E-state index contributed by atoms with van der Waals surface area (Å²) in [6, 6.07) is 15.4. The first kappa shape index (κ1) is 24.4. The molecule has 2 atom stereocenters. The lowest BCUT2D eigenvalue weighted by molar-refractivity contribution is -0.142. The Hall–Kier alpha value is -2.82. The second-order valence-electron chi connectivity index (χ2n) is 8.05. The molecule has 0 bridgehead atoms. The Balaban J connectivity index is 2.16. The molecule has 5 heteroatoms. The molecule has 0 aliphatic carbocycles. The molecule has 0 spiro atoms. The molecule has 0 aliphatic rings. The maximum Gasteiger partial charge on any atom is 0.261 e. The highest BCUT2D eigenvalue weighted by Gasteiger charge is 2.29. The molecule has 5 nitrogen and oxygen atoms in total. The van der Waals surface area contributed by atoms with Gasteiger partial charge in [-0.25, -0.2) is 0 Å². The number of hydrogen-bond donors (Lipinski definition) is 1. The van der Waals surface area contributed by atoms with Crippen molar-refractivity contribution in [1.82, 2.24) is 10.2 Å². The van der Waals surface area contributed by atoms with Crippen molar-refractivity contribution in [2.24, 2.45) is 0 Å². The third-order valence-corrected chi connectivity index (χ3v) is 5.78. The van der Waals surface area contributed by atoms with Gasteiger partial charge in [-0.2, -0.15) is 0 Å². The van der Waals surface area contributed by atoms with E-state index in [-0.39, 0.29) is 24.5 Å². The quantitative estimate of drug-likeness (QED) is 0.580. The molecular formula is C26H36N2O3. The van der Waals surface area contributed by atoms with E-state index in [1.165, 1.54) is 0 Å². The number of nitrogens with one attached hydrogen (secondary N) is 1. The third kappa shape index (κ3) is 7.12. The van der Waals surface area contributed by atoms with Crippen LogP contribution in [0.2, 0.25) is 0 Å². The molecule has 0 fully saturated rings. The monoisotopic (exact) mass is 424 g/mol. The normalized spacial score (nSPS) is 12.7. The van der Waals surface area contributed by atoms with Crippen LogP contribution in [-0.2, 0) is 16.0 Å². The van der Waals surface area contributed by atoms with Crippen molar-refractivity contribution >= 4 is 11.8 Å². The van der Waals surface area contributed by atoms with Crippen LogP contribution >= 0.6 is 0 Å². The SMILES string of the molecule is CC[C@H](C)NC(=O)[C@H](CC)N(CCc1ccccc1)C(=O)COc1cccc(C)c1C. The summed E-state index contributed by atoms with van der Waals surface area (Å²) in [5.41, 5.74) is 3.27. The molecule has 168 valence electrons. The molecule has 2 aromatic rings. The van der Waals surface area contributed by atoms with Gasteiger partial charge in [-0.05, 0) is 62.8 Å². The van der Waals surface area contributed by atoms with Crippen LogP contribution in [0.4, 0.5) is 0 Å². The number of hydrogen-bond acceptors (Lipinski definition) is 3. The maximum atomic E-state index is 13.2. The van der Waals surface area contributed by atoms with Crippen LogP contribution in [0, 0.1) is 13.8 Å². The van der Waals surface area contributed by atoms with Gasteiger partial charge in [0.1, 0.15) is 11.8 Å². The van der Waals surface area contributed by atoms with Crippen LogP contribution in [0.15, 0.2) is 48.5 Å². The fourth-order valence-electron chi connectivity index (χ4n) is 3.44. The summed E-state index contributed by atoms with van der Waals surface area (Å²) < 4.78 is 5.87. The topological polar surface area (TPSA) is 58.6 Å². The first-order valence-electron chi connectivity index (χ1n) is 11.2. The summed E-state index contributed by atoms with van der Waals surface area (Å²) in [4.78, 5) is 27.8. The summed E-state index contributed by atoms with van der Waals surface area (Å²) in [5.74, 6) is 0.418. The molecule has 2 amide bonds. The number of nitrogens with zero attached hydrogens (tertiary/aromatic N) is 1. The predicted octanol–water partition coefficient (Wildman–Crippen LogP) is 4.45. The van der Waals surface area contributed by atoms with Gasteiger partial charge in [0.15, 0.2) is 6.61 Å². The molecule has 0 heterocycles. The number of amides is 2. The molecule has 1 N–H and O–H groups in total. The zero-order valence-corrected chi connectivity index (χ0v) is 19.5. The molecule has 2 rings (SSSR count). The highest BCUT2D eigenvalue weighted by Crippen LogP contribution is 2.21. The van der Waals surface area contributed by atoms with Crippen LogP contribution in [-0.4, -0.2) is 41.9 Å². The Labute approximate surface area is 186 Å². The highest BCUT2D eigenvalue weighted by molar-refractivity contribution is 5.88. The first-order valence-corrected chi connectivity index (χ1v) is 11.2. The highest BCUT2D eigenvalue weighted by atomic mass is 16.5. The predicted molar refractivity (Wildman–Crippen MR) is 125 cm³/mol. The minimum absolute atomic E-state index is 0.0684. The Bertz CT molecular complexity index is 851. The fourth-order valence-corrected chi connectivity index (χ4v) is 3.44. The minimum atomic E-state index is -0.521. The van der Waals surface area contributed by atoms with Crippen molar-refractivity contribution in [3.8, 4) is 5.75 Å². The van der Waals surface area contributed by atoms with Gasteiger partial charge in [0.25, 0.3) is 5.91 Å². The average molecular weight is 425 g/mol. The summed E-state index contributed by atoms with van der Waals surface area (Å²) in [6.45, 7) is 10.3. The Morgan fingerprint density at radius 1 is 1.00 bits per heavy atom. The van der Waals surface area contributed by atoms with Crippen LogP contribution in [0.3, 0.4) is 0 Å². The average Bonchev–Trinajstić information content (AvgIpc) is 2.77. The smallest absolute Gasteiger partial charge is 0.261 e. The fraction of sp³-hybridized carbons (Fsp3) is 0.462. The van der Waals surface area contributed by atoms with Gasteiger partial charge >= 0.3 is 0 Å². The van der Waals surface area contributed by atoms with Gasteiger partial charge in [-0.1, -0.05) is 56.3 Å². The summed E-state index contributed by atoms with van der Waals surface area (Å²) >= 11 is 0. The molecular weight excluding hydrogens is 388 g/mol. The molecule has 0 saturated heterocycles. The van der Waals surface area contributed by atoms with Crippen molar-refractivity contribution in [3.05, 3.63) is 65.2 Å². The van der Waals surface area contributed by atoms with Crippen molar-refractivity contribution in [3.63, 3.8) is 0 Å². The Morgan fingerprint density at radius 2 is 1.71 bits per heavy atom. The lowest BCUT2D eigenvalue weighted by Gasteiger charge is -2.31. The van der Waals surface area contributed by atoms with Gasteiger partial charge < -0.3 is 15.0 Å². The van der Waals surface area contributed by atoms with E-state index in [2.05, 4.69) is 5.32 Å². The number of rotatable bonds is 11. The lowest BCUT2D eigenvalue weighted by atomic mass is 10.1. The Kier molecular flexibility index (Phi) is 9.57. The third-order valence-electron chi connectivity index (χ3n) is 5.78. The van der Waals surface area contributed by atoms with E-state index in [0.29, 0.717) is 25.1 Å². The first-order chi connectivity index (χ1) is 14.9. The molecule has 0 saturated carbocycles. The van der Waals surface area contributed by atoms with Gasteiger partial charge in [0.05, 0.1) is 0 Å². The molecule has 0 unspecified atom stereocenters. The van der Waals surface area contributed by atoms with Crippen molar-refractivity contribution in [2.45, 2.75) is 66.0 Å². The van der Waals surface area contributed by atoms with E-state index in [1.54, 1.807) is 4.90 Å². The van der Waals surface area contributed by atoms with E-state index in [0.717, 1.165) is 23.1 Å². The summed E-state index contributed by atoms with van der Waals surface area (Å²) in [7, 11) is 0.